The average Bonchev–Trinajstić information content (AvgIpc) is 2.74. The highest BCUT2D eigenvalue weighted by atomic mass is 19.4. The number of rotatable bonds is 4. The van der Waals surface area contributed by atoms with Crippen LogP contribution in [0.5, 0.6) is 23.0 Å². The van der Waals surface area contributed by atoms with Crippen LogP contribution in [-0.2, 0) is 23.2 Å². The first-order valence-corrected chi connectivity index (χ1v) is 11.9. The van der Waals surface area contributed by atoms with Gasteiger partial charge in [0.05, 0.1) is 5.56 Å². The third kappa shape index (κ3) is 6.55. The minimum Gasteiger partial charge on any atom is -0.456 e. The van der Waals surface area contributed by atoms with E-state index in [-0.39, 0.29) is 22.9 Å². The molecule has 3 aromatic rings. The fraction of sp³-hybridized carbons (Fsp3) is 0.379. The fourth-order valence-electron chi connectivity index (χ4n) is 3.95. The summed E-state index contributed by atoms with van der Waals surface area (Å²) < 4.78 is 94.5. The van der Waals surface area contributed by atoms with Crippen molar-refractivity contribution in [3.05, 3.63) is 76.3 Å². The Morgan fingerprint density at radius 2 is 0.921 bits per heavy atom. The lowest BCUT2D eigenvalue weighted by molar-refractivity contribution is -0.139. The minimum absolute atomic E-state index is 0.0709. The van der Waals surface area contributed by atoms with Gasteiger partial charge in [0.25, 0.3) is 0 Å². The summed E-state index contributed by atoms with van der Waals surface area (Å²) in [6.07, 6.45) is -9.37. The lowest BCUT2D eigenvalue weighted by atomic mass is 9.80. The lowest BCUT2D eigenvalue weighted by Gasteiger charge is -2.29. The summed E-state index contributed by atoms with van der Waals surface area (Å²) in [6, 6.07) is 10.1. The molecule has 0 fully saturated rings. The maximum atomic E-state index is 13.8. The molecule has 0 unspecified atom stereocenters. The van der Waals surface area contributed by atoms with Gasteiger partial charge in [-0.05, 0) is 60.2 Å². The third-order valence-electron chi connectivity index (χ3n) is 5.89. The number of halogens is 6. The van der Waals surface area contributed by atoms with Gasteiger partial charge in [-0.25, -0.2) is 0 Å². The molecule has 2 N–H and O–H groups in total. The van der Waals surface area contributed by atoms with E-state index < -0.39 is 40.1 Å². The molecule has 0 saturated heterocycles. The Kier molecular flexibility index (Phi) is 7.49. The van der Waals surface area contributed by atoms with Gasteiger partial charge in [-0.15, -0.1) is 0 Å². The Balaban J connectivity index is 2.25. The van der Waals surface area contributed by atoms with Gasteiger partial charge >= 0.3 is 12.4 Å². The molecule has 0 aliphatic heterocycles. The van der Waals surface area contributed by atoms with Crippen LogP contribution in [0.2, 0.25) is 0 Å². The van der Waals surface area contributed by atoms with E-state index in [1.165, 1.54) is 24.3 Å². The zero-order valence-electron chi connectivity index (χ0n) is 22.3. The van der Waals surface area contributed by atoms with Crippen LogP contribution < -0.4 is 15.2 Å². The van der Waals surface area contributed by atoms with Gasteiger partial charge in [-0.1, -0.05) is 53.2 Å². The Bertz CT molecular complexity index is 1230. The molecule has 3 aromatic carbocycles. The number of hydrogen-bond donors (Lipinski definition) is 1. The fourth-order valence-corrected chi connectivity index (χ4v) is 3.95. The molecule has 0 aliphatic carbocycles. The zero-order chi connectivity index (χ0) is 28.8. The van der Waals surface area contributed by atoms with Crippen LogP contribution in [0.4, 0.5) is 32.0 Å². The number of benzene rings is 3. The minimum atomic E-state index is -4.72. The van der Waals surface area contributed by atoms with Gasteiger partial charge in [0.2, 0.25) is 0 Å². The van der Waals surface area contributed by atoms with Crippen molar-refractivity contribution >= 4 is 5.69 Å². The molecule has 9 heteroatoms. The molecule has 0 atom stereocenters. The molecule has 0 spiro atoms. The Labute approximate surface area is 218 Å². The highest BCUT2D eigenvalue weighted by Crippen LogP contribution is 2.47. The van der Waals surface area contributed by atoms with E-state index in [1.54, 1.807) is 13.0 Å². The molecule has 0 radical (unpaired) electrons. The molecule has 0 saturated carbocycles. The van der Waals surface area contributed by atoms with E-state index >= 15 is 0 Å². The molecule has 0 amide bonds. The summed E-state index contributed by atoms with van der Waals surface area (Å²) in [4.78, 5) is 0. The molecule has 0 bridgehead atoms. The lowest BCUT2D eigenvalue weighted by Crippen LogP contribution is -2.18. The SMILES string of the molecule is Cc1ccc(Oc2cc(C(C)(C)C)c(Oc3ccc(N)cc3C(F)(F)F)cc2C(C)(C)C)c(C(F)(F)F)c1. The van der Waals surface area contributed by atoms with Gasteiger partial charge in [0.15, 0.2) is 0 Å². The zero-order valence-corrected chi connectivity index (χ0v) is 22.3. The predicted molar refractivity (Wildman–Crippen MR) is 136 cm³/mol. The van der Waals surface area contributed by atoms with Crippen LogP contribution in [-0.4, -0.2) is 0 Å². The molecule has 3 nitrogen and oxygen atoms in total. The molecular weight excluding hydrogens is 508 g/mol. The van der Waals surface area contributed by atoms with Crippen LogP contribution in [0.15, 0.2) is 48.5 Å². The first kappa shape index (κ1) is 29.2. The molecule has 0 aliphatic rings. The Hall–Kier alpha value is -3.36. The van der Waals surface area contributed by atoms with Crippen molar-refractivity contribution in [2.45, 2.75) is 71.6 Å². The van der Waals surface area contributed by atoms with Crippen molar-refractivity contribution in [2.75, 3.05) is 5.73 Å². The topological polar surface area (TPSA) is 44.5 Å². The highest BCUT2D eigenvalue weighted by molar-refractivity contribution is 5.56. The van der Waals surface area contributed by atoms with Crippen molar-refractivity contribution < 1.29 is 35.8 Å². The number of hydrogen-bond acceptors (Lipinski definition) is 3. The summed E-state index contributed by atoms with van der Waals surface area (Å²) in [5.74, 6) is -0.536. The standard InChI is InChI=1S/C29H31F6NO2/c1-16-8-10-22(20(12-16)28(30,31)32)37-24-14-19(27(5,6)7)25(15-18(24)26(2,3)4)38-23-11-9-17(36)13-21(23)29(33,34)35/h8-15H,36H2,1-7H3. The Morgan fingerprint density at radius 1 is 0.526 bits per heavy atom. The molecular formula is C29H31F6NO2. The van der Waals surface area contributed by atoms with Crippen molar-refractivity contribution in [3.63, 3.8) is 0 Å². The number of aryl methyl sites for hydroxylation is 1. The number of ether oxygens (including phenoxy) is 2. The molecule has 38 heavy (non-hydrogen) atoms. The molecule has 3 rings (SSSR count). The van der Waals surface area contributed by atoms with E-state index in [4.69, 9.17) is 15.2 Å². The monoisotopic (exact) mass is 539 g/mol. The highest BCUT2D eigenvalue weighted by Gasteiger charge is 2.37. The predicted octanol–water partition coefficient (Wildman–Crippen LogP) is 9.79. The second-order valence-electron chi connectivity index (χ2n) is 11.3. The second-order valence-corrected chi connectivity index (χ2v) is 11.3. The average molecular weight is 540 g/mol. The van der Waals surface area contributed by atoms with Gasteiger partial charge in [0, 0.05) is 16.8 Å². The van der Waals surface area contributed by atoms with Gasteiger partial charge in [0.1, 0.15) is 28.6 Å². The summed E-state index contributed by atoms with van der Waals surface area (Å²) >= 11 is 0. The van der Waals surface area contributed by atoms with E-state index in [2.05, 4.69) is 0 Å². The smallest absolute Gasteiger partial charge is 0.420 e. The quantitative estimate of drug-likeness (QED) is 0.265. The van der Waals surface area contributed by atoms with E-state index in [1.807, 2.05) is 41.5 Å². The van der Waals surface area contributed by atoms with Crippen LogP contribution in [0, 0.1) is 6.92 Å². The number of anilines is 1. The third-order valence-corrected chi connectivity index (χ3v) is 5.89. The van der Waals surface area contributed by atoms with Crippen molar-refractivity contribution in [2.24, 2.45) is 0 Å². The summed E-state index contributed by atoms with van der Waals surface area (Å²) in [5.41, 5.74) is 3.55. The van der Waals surface area contributed by atoms with E-state index in [9.17, 15) is 26.3 Å². The molecule has 206 valence electrons. The molecule has 0 aromatic heterocycles. The summed E-state index contributed by atoms with van der Waals surface area (Å²) in [7, 11) is 0. The first-order chi connectivity index (χ1) is 17.2. The number of alkyl halides is 6. The number of nitrogen functional groups attached to an aromatic ring is 1. The van der Waals surface area contributed by atoms with Crippen molar-refractivity contribution in [1.82, 2.24) is 0 Å². The maximum absolute atomic E-state index is 13.8. The van der Waals surface area contributed by atoms with E-state index in [0.717, 1.165) is 18.2 Å². The van der Waals surface area contributed by atoms with E-state index in [0.29, 0.717) is 16.7 Å². The normalized spacial score (nSPS) is 13.0. The second kappa shape index (κ2) is 9.75. The van der Waals surface area contributed by atoms with Gasteiger partial charge in [-0.3, -0.25) is 0 Å². The van der Waals surface area contributed by atoms with Gasteiger partial charge < -0.3 is 15.2 Å². The number of nitrogens with two attached hydrogens (primary N) is 1. The largest absolute Gasteiger partial charge is 0.456 e. The van der Waals surface area contributed by atoms with Gasteiger partial charge in [-0.2, -0.15) is 26.3 Å². The Morgan fingerprint density at radius 3 is 1.32 bits per heavy atom. The van der Waals surface area contributed by atoms with Crippen LogP contribution in [0.25, 0.3) is 0 Å². The maximum Gasteiger partial charge on any atom is 0.420 e. The molecule has 0 heterocycles. The van der Waals surface area contributed by atoms with Crippen LogP contribution in [0.1, 0.15) is 69.4 Å². The van der Waals surface area contributed by atoms with Crippen LogP contribution in [0.3, 0.4) is 0 Å². The van der Waals surface area contributed by atoms with Crippen molar-refractivity contribution in [1.29, 1.82) is 0 Å². The van der Waals surface area contributed by atoms with Crippen LogP contribution >= 0.6 is 0 Å². The first-order valence-electron chi connectivity index (χ1n) is 11.9. The summed E-state index contributed by atoms with van der Waals surface area (Å²) in [5, 5.41) is 0. The summed E-state index contributed by atoms with van der Waals surface area (Å²) in [6.45, 7) is 12.5. The van der Waals surface area contributed by atoms with Crippen molar-refractivity contribution in [3.8, 4) is 23.0 Å².